The number of hydrogen-bond donors (Lipinski definition) is 1. The second kappa shape index (κ2) is 4.29. The topological polar surface area (TPSA) is 77.2 Å². The van der Waals surface area contributed by atoms with E-state index in [1.54, 1.807) is 0 Å². The lowest BCUT2D eigenvalue weighted by atomic mass is 9.59. The molecular weight excluding hydrogens is 242 g/mol. The molecule has 0 bridgehead atoms. The van der Waals surface area contributed by atoms with Crippen LogP contribution >= 0.6 is 0 Å². The Labute approximate surface area is 113 Å². The number of carbonyl (C=O) groups is 3. The Hall–Kier alpha value is -1.45. The first kappa shape index (κ1) is 14.0. The molecule has 0 aromatic rings. The smallest absolute Gasteiger partial charge is 0.227 e. The summed E-state index contributed by atoms with van der Waals surface area (Å²) < 4.78 is 0. The number of ketones is 3. The molecule has 1 spiro atoms. The Morgan fingerprint density at radius 3 is 2.26 bits per heavy atom. The SMILES string of the molecule is CC1=C(N)C(=O)C2(C(=O)C1=O)C(C)CCC2C(C)C. The zero-order valence-corrected chi connectivity index (χ0v) is 11.9. The fourth-order valence-corrected chi connectivity index (χ4v) is 3.87. The summed E-state index contributed by atoms with van der Waals surface area (Å²) in [7, 11) is 0. The van der Waals surface area contributed by atoms with Crippen LogP contribution in [0.1, 0.15) is 40.5 Å². The van der Waals surface area contributed by atoms with Gasteiger partial charge in [0.1, 0.15) is 5.41 Å². The predicted octanol–water partition coefficient (Wildman–Crippen LogP) is 1.63. The molecule has 2 aliphatic carbocycles. The molecule has 19 heavy (non-hydrogen) atoms. The largest absolute Gasteiger partial charge is 0.395 e. The lowest BCUT2D eigenvalue weighted by molar-refractivity contribution is -0.152. The maximum atomic E-state index is 12.7. The summed E-state index contributed by atoms with van der Waals surface area (Å²) in [4.78, 5) is 37.4. The summed E-state index contributed by atoms with van der Waals surface area (Å²) in [5.74, 6) is -1.45. The maximum absolute atomic E-state index is 12.7. The number of nitrogens with two attached hydrogens (primary N) is 1. The van der Waals surface area contributed by atoms with Gasteiger partial charge in [-0.3, -0.25) is 14.4 Å². The van der Waals surface area contributed by atoms with E-state index < -0.39 is 17.0 Å². The first-order valence-electron chi connectivity index (χ1n) is 6.86. The van der Waals surface area contributed by atoms with Gasteiger partial charge in [0.2, 0.25) is 11.6 Å². The van der Waals surface area contributed by atoms with Crippen molar-refractivity contribution in [3.05, 3.63) is 11.3 Å². The van der Waals surface area contributed by atoms with Gasteiger partial charge < -0.3 is 5.73 Å². The van der Waals surface area contributed by atoms with Gasteiger partial charge in [0.05, 0.1) is 5.70 Å². The molecule has 0 amide bonds. The summed E-state index contributed by atoms with van der Waals surface area (Å²) in [6, 6.07) is 0. The molecule has 0 heterocycles. The molecule has 0 aromatic carbocycles. The van der Waals surface area contributed by atoms with Crippen molar-refractivity contribution in [1.82, 2.24) is 0 Å². The third kappa shape index (κ3) is 1.55. The minimum absolute atomic E-state index is 0.0102. The van der Waals surface area contributed by atoms with Gasteiger partial charge in [0, 0.05) is 5.57 Å². The summed E-state index contributed by atoms with van der Waals surface area (Å²) in [6.45, 7) is 7.34. The molecule has 3 atom stereocenters. The number of allylic oxidation sites excluding steroid dienone is 2. The van der Waals surface area contributed by atoms with E-state index in [0.29, 0.717) is 0 Å². The third-order valence-corrected chi connectivity index (χ3v) is 5.02. The van der Waals surface area contributed by atoms with Crippen LogP contribution in [0.4, 0.5) is 0 Å². The van der Waals surface area contributed by atoms with Crippen molar-refractivity contribution in [2.45, 2.75) is 40.5 Å². The molecular formula is C15H21NO3. The van der Waals surface area contributed by atoms with Crippen LogP contribution in [-0.2, 0) is 14.4 Å². The van der Waals surface area contributed by atoms with E-state index in [9.17, 15) is 14.4 Å². The molecule has 1 saturated carbocycles. The third-order valence-electron chi connectivity index (χ3n) is 5.02. The van der Waals surface area contributed by atoms with E-state index in [-0.39, 0.29) is 34.8 Å². The van der Waals surface area contributed by atoms with Crippen LogP contribution in [0.2, 0.25) is 0 Å². The predicted molar refractivity (Wildman–Crippen MR) is 71.1 cm³/mol. The fraction of sp³-hybridized carbons (Fsp3) is 0.667. The highest BCUT2D eigenvalue weighted by Gasteiger charge is 2.63. The molecule has 2 aliphatic rings. The Morgan fingerprint density at radius 1 is 1.16 bits per heavy atom. The van der Waals surface area contributed by atoms with Gasteiger partial charge in [-0.2, -0.15) is 0 Å². The highest BCUT2D eigenvalue weighted by Crippen LogP contribution is 2.54. The van der Waals surface area contributed by atoms with Crippen LogP contribution in [0.5, 0.6) is 0 Å². The fourth-order valence-electron chi connectivity index (χ4n) is 3.87. The van der Waals surface area contributed by atoms with Crippen molar-refractivity contribution in [1.29, 1.82) is 0 Å². The van der Waals surface area contributed by atoms with Gasteiger partial charge in [-0.15, -0.1) is 0 Å². The zero-order chi connectivity index (χ0) is 14.5. The van der Waals surface area contributed by atoms with Gasteiger partial charge in [-0.1, -0.05) is 20.8 Å². The molecule has 4 heteroatoms. The van der Waals surface area contributed by atoms with Crippen molar-refractivity contribution >= 4 is 17.3 Å². The second-order valence-electron chi connectivity index (χ2n) is 6.22. The molecule has 2 N–H and O–H groups in total. The number of rotatable bonds is 1. The van der Waals surface area contributed by atoms with E-state index in [4.69, 9.17) is 5.73 Å². The second-order valence-corrected chi connectivity index (χ2v) is 6.22. The van der Waals surface area contributed by atoms with Crippen LogP contribution in [0, 0.1) is 23.2 Å². The van der Waals surface area contributed by atoms with Crippen LogP contribution in [0.15, 0.2) is 11.3 Å². The van der Waals surface area contributed by atoms with Crippen LogP contribution < -0.4 is 5.73 Å². The highest BCUT2D eigenvalue weighted by molar-refractivity contribution is 6.52. The maximum Gasteiger partial charge on any atom is 0.227 e. The number of hydrogen-bond acceptors (Lipinski definition) is 4. The Balaban J connectivity index is 2.68. The van der Waals surface area contributed by atoms with Crippen LogP contribution in [-0.4, -0.2) is 17.3 Å². The minimum atomic E-state index is -1.20. The number of Topliss-reactive ketones (excluding diaryl/α,β-unsaturated/α-hetero) is 3. The lowest BCUT2D eigenvalue weighted by Gasteiger charge is -2.40. The van der Waals surface area contributed by atoms with Crippen molar-refractivity contribution < 1.29 is 14.4 Å². The molecule has 0 aromatic heterocycles. The Bertz CT molecular complexity index is 504. The van der Waals surface area contributed by atoms with E-state index in [1.807, 2.05) is 20.8 Å². The van der Waals surface area contributed by atoms with E-state index in [0.717, 1.165) is 12.8 Å². The molecule has 104 valence electrons. The summed E-state index contributed by atoms with van der Waals surface area (Å²) in [5.41, 5.74) is 4.71. The molecule has 4 nitrogen and oxygen atoms in total. The van der Waals surface area contributed by atoms with Crippen molar-refractivity contribution in [3.63, 3.8) is 0 Å². The standard InChI is InChI=1S/C15H21NO3/c1-7(2)10-6-5-8(3)15(10)13(18)11(16)9(4)12(17)14(15)19/h7-8,10H,5-6,16H2,1-4H3. The average Bonchev–Trinajstić information content (AvgIpc) is 2.71. The number of carbonyl (C=O) groups excluding carboxylic acids is 3. The van der Waals surface area contributed by atoms with E-state index in [2.05, 4.69) is 0 Å². The van der Waals surface area contributed by atoms with Crippen molar-refractivity contribution in [2.24, 2.45) is 28.9 Å². The van der Waals surface area contributed by atoms with Gasteiger partial charge in [0.15, 0.2) is 5.78 Å². The van der Waals surface area contributed by atoms with Gasteiger partial charge in [-0.05, 0) is 37.5 Å². The molecule has 2 rings (SSSR count). The van der Waals surface area contributed by atoms with Gasteiger partial charge in [-0.25, -0.2) is 0 Å². The molecule has 3 unspecified atom stereocenters. The van der Waals surface area contributed by atoms with Crippen molar-refractivity contribution in [2.75, 3.05) is 0 Å². The molecule has 1 fully saturated rings. The van der Waals surface area contributed by atoms with E-state index >= 15 is 0 Å². The lowest BCUT2D eigenvalue weighted by Crippen LogP contribution is -2.55. The quantitative estimate of drug-likeness (QED) is 0.576. The normalized spacial score (nSPS) is 35.9. The molecule has 0 radical (unpaired) electrons. The van der Waals surface area contributed by atoms with Crippen LogP contribution in [0.25, 0.3) is 0 Å². The zero-order valence-electron chi connectivity index (χ0n) is 11.9. The first-order chi connectivity index (χ1) is 8.76. The van der Waals surface area contributed by atoms with Gasteiger partial charge in [0.25, 0.3) is 0 Å². The summed E-state index contributed by atoms with van der Waals surface area (Å²) in [6.07, 6.45) is 1.59. The van der Waals surface area contributed by atoms with Crippen molar-refractivity contribution in [3.8, 4) is 0 Å². The van der Waals surface area contributed by atoms with Gasteiger partial charge >= 0.3 is 0 Å². The highest BCUT2D eigenvalue weighted by atomic mass is 16.2. The Morgan fingerprint density at radius 2 is 1.74 bits per heavy atom. The molecule has 0 aliphatic heterocycles. The van der Waals surface area contributed by atoms with E-state index in [1.165, 1.54) is 6.92 Å². The average molecular weight is 263 g/mol. The Kier molecular flexibility index (Phi) is 3.15. The summed E-state index contributed by atoms with van der Waals surface area (Å²) >= 11 is 0. The monoisotopic (exact) mass is 263 g/mol. The summed E-state index contributed by atoms with van der Waals surface area (Å²) in [5, 5.41) is 0. The first-order valence-corrected chi connectivity index (χ1v) is 6.86. The van der Waals surface area contributed by atoms with Crippen LogP contribution in [0.3, 0.4) is 0 Å². The molecule has 0 saturated heterocycles. The minimum Gasteiger partial charge on any atom is -0.395 e.